The maximum Gasteiger partial charge on any atom is 0.320 e. The Morgan fingerprint density at radius 3 is 2.42 bits per heavy atom. The molecule has 0 aliphatic rings. The summed E-state index contributed by atoms with van der Waals surface area (Å²) in [6.07, 6.45) is -1.84. The first-order chi connectivity index (χ1) is 8.56. The maximum atomic E-state index is 12.6. The topological polar surface area (TPSA) is 64.0 Å². The number of halogens is 4. The Kier molecular flexibility index (Phi) is 4.56. The second-order valence-corrected chi connectivity index (χ2v) is 5.90. The SMILES string of the molecule is CC(C)n1cc(S(=O)(=O)NCC(F)(F)C(F)F)cn1. The normalized spacial score (nSPS) is 13.5. The molecule has 1 aromatic heterocycles. The van der Waals surface area contributed by atoms with Crippen molar-refractivity contribution in [2.24, 2.45) is 0 Å². The summed E-state index contributed by atoms with van der Waals surface area (Å²) in [6.45, 7) is 1.81. The van der Waals surface area contributed by atoms with E-state index < -0.39 is 28.9 Å². The van der Waals surface area contributed by atoms with E-state index in [2.05, 4.69) is 5.10 Å². The second kappa shape index (κ2) is 5.45. The summed E-state index contributed by atoms with van der Waals surface area (Å²) < 4.78 is 75.0. The quantitative estimate of drug-likeness (QED) is 0.813. The van der Waals surface area contributed by atoms with Crippen molar-refractivity contribution in [2.75, 3.05) is 6.54 Å². The molecule has 19 heavy (non-hydrogen) atoms. The van der Waals surface area contributed by atoms with Crippen LogP contribution in [0.25, 0.3) is 0 Å². The van der Waals surface area contributed by atoms with Gasteiger partial charge in [-0.1, -0.05) is 0 Å². The highest BCUT2D eigenvalue weighted by Crippen LogP contribution is 2.22. The van der Waals surface area contributed by atoms with Crippen molar-refractivity contribution in [3.05, 3.63) is 12.4 Å². The molecule has 0 saturated heterocycles. The molecule has 5 nitrogen and oxygen atoms in total. The lowest BCUT2D eigenvalue weighted by Crippen LogP contribution is -2.41. The van der Waals surface area contributed by atoms with Crippen molar-refractivity contribution >= 4 is 10.0 Å². The molecule has 10 heteroatoms. The van der Waals surface area contributed by atoms with Gasteiger partial charge < -0.3 is 0 Å². The summed E-state index contributed by atoms with van der Waals surface area (Å²) in [6, 6.07) is -0.119. The molecule has 0 aromatic carbocycles. The molecular weight excluding hydrogens is 290 g/mol. The van der Waals surface area contributed by atoms with Crippen LogP contribution in [0.1, 0.15) is 19.9 Å². The molecule has 0 atom stereocenters. The molecule has 0 spiro atoms. The first-order valence-electron chi connectivity index (χ1n) is 5.26. The van der Waals surface area contributed by atoms with Crippen molar-refractivity contribution in [3.63, 3.8) is 0 Å². The molecule has 1 heterocycles. The van der Waals surface area contributed by atoms with Gasteiger partial charge in [-0.25, -0.2) is 21.9 Å². The van der Waals surface area contributed by atoms with Crippen LogP contribution < -0.4 is 4.72 Å². The van der Waals surface area contributed by atoms with Gasteiger partial charge in [0.05, 0.1) is 12.7 Å². The molecule has 0 unspecified atom stereocenters. The van der Waals surface area contributed by atoms with Crippen molar-refractivity contribution < 1.29 is 26.0 Å². The van der Waals surface area contributed by atoms with Gasteiger partial charge in [0.25, 0.3) is 0 Å². The fraction of sp³-hybridized carbons (Fsp3) is 0.667. The lowest BCUT2D eigenvalue weighted by molar-refractivity contribution is -0.122. The first kappa shape index (κ1) is 15.9. The highest BCUT2D eigenvalue weighted by molar-refractivity contribution is 7.89. The van der Waals surface area contributed by atoms with E-state index in [1.165, 1.54) is 9.40 Å². The van der Waals surface area contributed by atoms with Gasteiger partial charge in [-0.2, -0.15) is 13.9 Å². The molecule has 1 N–H and O–H groups in total. The van der Waals surface area contributed by atoms with Crippen LogP contribution in [0.2, 0.25) is 0 Å². The number of alkyl halides is 4. The minimum Gasteiger partial charge on any atom is -0.269 e. The van der Waals surface area contributed by atoms with Crippen LogP contribution in [0.4, 0.5) is 17.6 Å². The number of nitrogens with one attached hydrogen (secondary N) is 1. The Morgan fingerprint density at radius 1 is 1.42 bits per heavy atom. The molecular formula is C9H13F4N3O2S. The van der Waals surface area contributed by atoms with E-state index in [9.17, 15) is 26.0 Å². The molecule has 1 aromatic rings. The van der Waals surface area contributed by atoms with E-state index >= 15 is 0 Å². The van der Waals surface area contributed by atoms with E-state index in [4.69, 9.17) is 0 Å². The van der Waals surface area contributed by atoms with Crippen LogP contribution in [0, 0.1) is 0 Å². The minimum absolute atomic E-state index is 0.119. The standard InChI is InChI=1S/C9H13F4N3O2S/c1-6(2)16-4-7(3-14-16)19(17,18)15-5-9(12,13)8(10)11/h3-4,6,8,15H,5H2,1-2H3. The maximum absolute atomic E-state index is 12.6. The molecule has 0 saturated carbocycles. The number of aromatic nitrogens is 2. The van der Waals surface area contributed by atoms with Gasteiger partial charge in [-0.15, -0.1) is 0 Å². The van der Waals surface area contributed by atoms with Crippen molar-refractivity contribution in [1.29, 1.82) is 0 Å². The molecule has 1 rings (SSSR count). The zero-order valence-corrected chi connectivity index (χ0v) is 11.0. The Hall–Kier alpha value is -1.16. The van der Waals surface area contributed by atoms with Gasteiger partial charge in [0.1, 0.15) is 4.90 Å². The summed E-state index contributed by atoms with van der Waals surface area (Å²) in [4.78, 5) is -0.355. The molecule has 0 fully saturated rings. The summed E-state index contributed by atoms with van der Waals surface area (Å²) in [7, 11) is -4.29. The van der Waals surface area contributed by atoms with Crippen LogP contribution in [-0.2, 0) is 10.0 Å². The van der Waals surface area contributed by atoms with Crippen LogP contribution in [0.3, 0.4) is 0 Å². The third kappa shape index (κ3) is 3.90. The zero-order valence-electron chi connectivity index (χ0n) is 10.1. The van der Waals surface area contributed by atoms with Crippen LogP contribution in [-0.4, -0.2) is 37.1 Å². The lowest BCUT2D eigenvalue weighted by atomic mass is 10.4. The van der Waals surface area contributed by atoms with Gasteiger partial charge in [-0.3, -0.25) is 4.68 Å². The fourth-order valence-electron chi connectivity index (χ4n) is 1.09. The van der Waals surface area contributed by atoms with E-state index in [0.29, 0.717) is 0 Å². The predicted octanol–water partition coefficient (Wildman–Crippen LogP) is 1.64. The highest BCUT2D eigenvalue weighted by Gasteiger charge is 2.41. The average Bonchev–Trinajstić information content (AvgIpc) is 2.76. The first-order valence-corrected chi connectivity index (χ1v) is 6.74. The monoisotopic (exact) mass is 303 g/mol. The van der Waals surface area contributed by atoms with Crippen molar-refractivity contribution in [1.82, 2.24) is 14.5 Å². The molecule has 0 bridgehead atoms. The second-order valence-electron chi connectivity index (χ2n) is 4.14. The average molecular weight is 303 g/mol. The Bertz CT molecular complexity index is 527. The number of sulfonamides is 1. The molecule has 0 amide bonds. The van der Waals surface area contributed by atoms with E-state index in [1.807, 2.05) is 0 Å². The third-order valence-electron chi connectivity index (χ3n) is 2.23. The number of hydrogen-bond donors (Lipinski definition) is 1. The molecule has 0 radical (unpaired) electrons. The van der Waals surface area contributed by atoms with Crippen molar-refractivity contribution in [2.45, 2.75) is 37.1 Å². The summed E-state index contributed by atoms with van der Waals surface area (Å²) in [5, 5.41) is 3.72. The highest BCUT2D eigenvalue weighted by atomic mass is 32.2. The third-order valence-corrected chi connectivity index (χ3v) is 3.59. The van der Waals surface area contributed by atoms with Gasteiger partial charge in [0, 0.05) is 12.2 Å². The molecule has 110 valence electrons. The van der Waals surface area contributed by atoms with E-state index in [0.717, 1.165) is 12.4 Å². The Labute approximate surface area is 107 Å². The van der Waals surface area contributed by atoms with Crippen molar-refractivity contribution in [3.8, 4) is 0 Å². The van der Waals surface area contributed by atoms with E-state index in [-0.39, 0.29) is 10.9 Å². The number of hydrogen-bond acceptors (Lipinski definition) is 3. The van der Waals surface area contributed by atoms with E-state index in [1.54, 1.807) is 13.8 Å². The summed E-state index contributed by atoms with van der Waals surface area (Å²) in [5.41, 5.74) is 0. The summed E-state index contributed by atoms with van der Waals surface area (Å²) >= 11 is 0. The largest absolute Gasteiger partial charge is 0.320 e. The van der Waals surface area contributed by atoms with Gasteiger partial charge >= 0.3 is 12.3 Å². The van der Waals surface area contributed by atoms with Crippen LogP contribution in [0.5, 0.6) is 0 Å². The smallest absolute Gasteiger partial charge is 0.269 e. The van der Waals surface area contributed by atoms with Crippen LogP contribution in [0.15, 0.2) is 17.3 Å². The number of nitrogens with zero attached hydrogens (tertiary/aromatic N) is 2. The number of rotatable bonds is 6. The molecule has 0 aliphatic carbocycles. The Morgan fingerprint density at radius 2 is 2.00 bits per heavy atom. The van der Waals surface area contributed by atoms with Gasteiger partial charge in [0.15, 0.2) is 0 Å². The predicted molar refractivity (Wildman–Crippen MR) is 58.8 cm³/mol. The minimum atomic E-state index is -4.42. The molecule has 0 aliphatic heterocycles. The Balaban J connectivity index is 2.81. The fourth-order valence-corrected chi connectivity index (χ4v) is 2.08. The lowest BCUT2D eigenvalue weighted by Gasteiger charge is -2.15. The van der Waals surface area contributed by atoms with Gasteiger partial charge in [0.2, 0.25) is 10.0 Å². The zero-order chi connectivity index (χ0) is 14.8. The van der Waals surface area contributed by atoms with Gasteiger partial charge in [-0.05, 0) is 13.8 Å². The van der Waals surface area contributed by atoms with Crippen LogP contribution >= 0.6 is 0 Å². The summed E-state index contributed by atoms with van der Waals surface area (Å²) in [5.74, 6) is -4.42.